The minimum Gasteiger partial charge on any atom is -0.488 e. The lowest BCUT2D eigenvalue weighted by atomic mass is 10.1. The van der Waals surface area contributed by atoms with E-state index in [-0.39, 0.29) is 25.0 Å². The van der Waals surface area contributed by atoms with Crippen LogP contribution in [0.5, 0.6) is 11.6 Å². The van der Waals surface area contributed by atoms with Gasteiger partial charge in [0.05, 0.1) is 18.9 Å². The molecule has 2 rings (SSSR count). The van der Waals surface area contributed by atoms with Gasteiger partial charge in [0.2, 0.25) is 5.88 Å². The topological polar surface area (TPSA) is 68.7 Å². The Morgan fingerprint density at radius 2 is 1.88 bits per heavy atom. The van der Waals surface area contributed by atoms with Gasteiger partial charge in [-0.3, -0.25) is 4.79 Å². The molecule has 0 atom stereocenters. The Morgan fingerprint density at radius 1 is 1.16 bits per heavy atom. The number of pyridine rings is 1. The summed E-state index contributed by atoms with van der Waals surface area (Å²) in [5.41, 5.74) is 0.638. The van der Waals surface area contributed by atoms with Gasteiger partial charge in [0.15, 0.2) is 17.4 Å². The first-order valence-electron chi connectivity index (χ1n) is 7.95. The summed E-state index contributed by atoms with van der Waals surface area (Å²) in [4.78, 5) is 14.6. The van der Waals surface area contributed by atoms with Crippen LogP contribution >= 0.6 is 0 Å². The Labute approximate surface area is 144 Å². The van der Waals surface area contributed by atoms with Crippen molar-refractivity contribution in [2.24, 2.45) is 0 Å². The maximum absolute atomic E-state index is 14.1. The van der Waals surface area contributed by atoms with Crippen molar-refractivity contribution in [2.75, 3.05) is 13.2 Å². The van der Waals surface area contributed by atoms with Crippen LogP contribution in [0.4, 0.5) is 8.78 Å². The van der Waals surface area contributed by atoms with Gasteiger partial charge in [0.25, 0.3) is 0 Å². The quantitative estimate of drug-likeness (QED) is 0.690. The first-order chi connectivity index (χ1) is 12.0. The van der Waals surface area contributed by atoms with Crippen molar-refractivity contribution in [2.45, 2.75) is 26.2 Å². The molecule has 0 radical (unpaired) electrons. The normalized spacial score (nSPS) is 10.5. The number of ether oxygens (including phenoxy) is 2. The number of carbonyl (C=O) groups is 1. The van der Waals surface area contributed by atoms with Crippen molar-refractivity contribution in [1.29, 1.82) is 0 Å². The van der Waals surface area contributed by atoms with Crippen LogP contribution in [0.1, 0.15) is 26.2 Å². The first-order valence-corrected chi connectivity index (χ1v) is 7.95. The van der Waals surface area contributed by atoms with Gasteiger partial charge in [-0.25, -0.2) is 13.8 Å². The summed E-state index contributed by atoms with van der Waals surface area (Å²) in [6.45, 7) is 2.38. The number of aliphatic carboxylic acids is 1. The van der Waals surface area contributed by atoms with Crippen LogP contribution in [-0.2, 0) is 4.79 Å². The Bertz CT molecular complexity index is 714. The molecule has 0 aliphatic rings. The number of benzene rings is 1. The smallest absolute Gasteiger partial charge is 0.303 e. The van der Waals surface area contributed by atoms with Crippen molar-refractivity contribution >= 4 is 5.97 Å². The highest BCUT2D eigenvalue weighted by Gasteiger charge is 2.15. The van der Waals surface area contributed by atoms with E-state index in [1.807, 2.05) is 6.92 Å². The van der Waals surface area contributed by atoms with E-state index in [0.29, 0.717) is 18.2 Å². The third kappa shape index (κ3) is 5.41. The summed E-state index contributed by atoms with van der Waals surface area (Å²) in [5, 5.41) is 8.54. The fourth-order valence-corrected chi connectivity index (χ4v) is 2.11. The third-order valence-corrected chi connectivity index (χ3v) is 3.25. The standard InChI is InChI=1S/C18H19F2NO4/c1-2-8-24-16-6-3-5-15(21-16)12-10-13(19)18(14(20)11-12)25-9-4-7-17(22)23/h3,5-6,10-11H,2,4,7-9H2,1H3,(H,22,23). The Balaban J connectivity index is 2.14. The summed E-state index contributed by atoms with van der Waals surface area (Å²) in [7, 11) is 0. The van der Waals surface area contributed by atoms with Crippen LogP contribution in [0, 0.1) is 11.6 Å². The van der Waals surface area contributed by atoms with Crippen molar-refractivity contribution in [1.82, 2.24) is 4.98 Å². The van der Waals surface area contributed by atoms with Crippen LogP contribution in [0.3, 0.4) is 0 Å². The van der Waals surface area contributed by atoms with Gasteiger partial charge in [-0.15, -0.1) is 0 Å². The molecule has 0 fully saturated rings. The molecule has 0 amide bonds. The Morgan fingerprint density at radius 3 is 2.52 bits per heavy atom. The van der Waals surface area contributed by atoms with E-state index in [0.717, 1.165) is 18.6 Å². The molecule has 0 aliphatic heterocycles. The highest BCUT2D eigenvalue weighted by Crippen LogP contribution is 2.29. The molecule has 1 heterocycles. The molecule has 1 aromatic heterocycles. The summed E-state index contributed by atoms with van der Waals surface area (Å²) in [6, 6.07) is 7.24. The van der Waals surface area contributed by atoms with Crippen molar-refractivity contribution in [3.63, 3.8) is 0 Å². The fraction of sp³-hybridized carbons (Fsp3) is 0.333. The predicted molar refractivity (Wildman–Crippen MR) is 87.7 cm³/mol. The lowest BCUT2D eigenvalue weighted by Crippen LogP contribution is -2.05. The molecule has 0 spiro atoms. The molecule has 1 aromatic carbocycles. The number of hydrogen-bond acceptors (Lipinski definition) is 4. The highest BCUT2D eigenvalue weighted by molar-refractivity contribution is 5.66. The van der Waals surface area contributed by atoms with E-state index in [1.54, 1.807) is 18.2 Å². The molecule has 0 saturated carbocycles. The van der Waals surface area contributed by atoms with E-state index in [2.05, 4.69) is 4.98 Å². The van der Waals surface area contributed by atoms with Crippen molar-refractivity contribution < 1.29 is 28.2 Å². The first kappa shape index (κ1) is 18.6. The molecule has 5 nitrogen and oxygen atoms in total. The molecule has 1 N–H and O–H groups in total. The SMILES string of the molecule is CCCOc1cccc(-c2cc(F)c(OCCCC(=O)O)c(F)c2)n1. The lowest BCUT2D eigenvalue weighted by Gasteiger charge is -2.10. The average molecular weight is 351 g/mol. The molecular weight excluding hydrogens is 332 g/mol. The second-order valence-corrected chi connectivity index (χ2v) is 5.32. The second-order valence-electron chi connectivity index (χ2n) is 5.32. The number of hydrogen-bond donors (Lipinski definition) is 1. The number of aromatic nitrogens is 1. The van der Waals surface area contributed by atoms with E-state index >= 15 is 0 Å². The third-order valence-electron chi connectivity index (χ3n) is 3.25. The zero-order valence-corrected chi connectivity index (χ0v) is 13.8. The predicted octanol–water partition coefficient (Wildman–Crippen LogP) is 4.06. The van der Waals surface area contributed by atoms with Crippen LogP contribution in [0.2, 0.25) is 0 Å². The van der Waals surface area contributed by atoms with Gasteiger partial charge in [-0.1, -0.05) is 13.0 Å². The Hall–Kier alpha value is -2.70. The monoisotopic (exact) mass is 351 g/mol. The van der Waals surface area contributed by atoms with Gasteiger partial charge >= 0.3 is 5.97 Å². The van der Waals surface area contributed by atoms with Crippen LogP contribution in [-0.4, -0.2) is 29.3 Å². The zero-order valence-electron chi connectivity index (χ0n) is 13.8. The molecule has 134 valence electrons. The van der Waals surface area contributed by atoms with E-state index < -0.39 is 23.4 Å². The summed E-state index contributed by atoms with van der Waals surface area (Å²) < 4.78 is 38.7. The maximum atomic E-state index is 14.1. The van der Waals surface area contributed by atoms with Gasteiger partial charge in [-0.2, -0.15) is 0 Å². The summed E-state index contributed by atoms with van der Waals surface area (Å²) >= 11 is 0. The summed E-state index contributed by atoms with van der Waals surface area (Å²) in [5.74, 6) is -2.86. The number of carboxylic acids is 1. The average Bonchev–Trinajstić information content (AvgIpc) is 2.58. The molecule has 0 bridgehead atoms. The fourth-order valence-electron chi connectivity index (χ4n) is 2.11. The molecule has 0 unspecified atom stereocenters. The van der Waals surface area contributed by atoms with Gasteiger partial charge in [-0.05, 0) is 31.0 Å². The van der Waals surface area contributed by atoms with Crippen LogP contribution in [0.15, 0.2) is 30.3 Å². The van der Waals surface area contributed by atoms with Crippen molar-refractivity contribution in [3.05, 3.63) is 42.0 Å². The number of rotatable bonds is 9. The maximum Gasteiger partial charge on any atom is 0.303 e. The molecule has 0 saturated heterocycles. The van der Waals surface area contributed by atoms with Crippen LogP contribution in [0.25, 0.3) is 11.3 Å². The minimum absolute atomic E-state index is 0.0852. The summed E-state index contributed by atoms with van der Waals surface area (Å²) in [6.07, 6.45) is 0.854. The Kier molecular flexibility index (Phi) is 6.68. The lowest BCUT2D eigenvalue weighted by molar-refractivity contribution is -0.137. The minimum atomic E-state index is -0.990. The van der Waals surface area contributed by atoms with Gasteiger partial charge < -0.3 is 14.6 Å². The molecule has 25 heavy (non-hydrogen) atoms. The second kappa shape index (κ2) is 8.96. The van der Waals surface area contributed by atoms with Gasteiger partial charge in [0.1, 0.15) is 0 Å². The molecule has 2 aromatic rings. The number of nitrogens with zero attached hydrogens (tertiary/aromatic N) is 1. The van der Waals surface area contributed by atoms with Gasteiger partial charge in [0, 0.05) is 18.1 Å². The zero-order chi connectivity index (χ0) is 18.2. The van der Waals surface area contributed by atoms with Crippen LogP contribution < -0.4 is 9.47 Å². The highest BCUT2D eigenvalue weighted by atomic mass is 19.1. The van der Waals surface area contributed by atoms with E-state index in [9.17, 15) is 13.6 Å². The number of carboxylic acid groups (broad SMARTS) is 1. The molecule has 7 heteroatoms. The molecular formula is C18H19F2NO4. The number of halogens is 2. The largest absolute Gasteiger partial charge is 0.488 e. The van der Waals surface area contributed by atoms with E-state index in [1.165, 1.54) is 0 Å². The van der Waals surface area contributed by atoms with E-state index in [4.69, 9.17) is 14.6 Å². The van der Waals surface area contributed by atoms with Crippen molar-refractivity contribution in [3.8, 4) is 22.9 Å². The molecule has 0 aliphatic carbocycles.